The molecule has 1 heterocycles. The van der Waals surface area contributed by atoms with Crippen molar-refractivity contribution in [2.24, 2.45) is 5.10 Å². The van der Waals surface area contributed by atoms with E-state index in [0.717, 1.165) is 34.8 Å². The van der Waals surface area contributed by atoms with Crippen LogP contribution in [0.2, 0.25) is 0 Å². The first kappa shape index (κ1) is 15.3. The molecule has 0 aliphatic carbocycles. The van der Waals surface area contributed by atoms with Gasteiger partial charge in [0.05, 0.1) is 16.7 Å². The molecule has 1 N–H and O–H groups in total. The van der Waals surface area contributed by atoms with E-state index in [0.29, 0.717) is 0 Å². The number of para-hydroxylation sites is 2. The number of hydrogen-bond donors (Lipinski definition) is 1. The van der Waals surface area contributed by atoms with Crippen molar-refractivity contribution in [1.29, 1.82) is 0 Å². The van der Waals surface area contributed by atoms with Crippen molar-refractivity contribution in [3.8, 4) is 0 Å². The number of aryl methyl sites for hydroxylation is 3. The van der Waals surface area contributed by atoms with Crippen LogP contribution in [0.15, 0.2) is 47.6 Å². The lowest BCUT2D eigenvalue weighted by Gasteiger charge is -2.08. The molecule has 3 rings (SSSR count). The summed E-state index contributed by atoms with van der Waals surface area (Å²) in [5, 5.41) is 4.54. The SMILES string of the molecule is CCn1c(N/N=C(\C)c2ccc(C)cc2C)nc2ccccc21. The summed E-state index contributed by atoms with van der Waals surface area (Å²) >= 11 is 0. The number of aromatic nitrogens is 2. The summed E-state index contributed by atoms with van der Waals surface area (Å²) in [5.41, 5.74) is 9.85. The van der Waals surface area contributed by atoms with E-state index in [4.69, 9.17) is 0 Å². The van der Waals surface area contributed by atoms with Crippen LogP contribution in [0, 0.1) is 13.8 Å². The van der Waals surface area contributed by atoms with Gasteiger partial charge in [-0.05, 0) is 45.4 Å². The Morgan fingerprint density at radius 2 is 1.96 bits per heavy atom. The van der Waals surface area contributed by atoms with Gasteiger partial charge in [0, 0.05) is 12.1 Å². The Morgan fingerprint density at radius 3 is 2.70 bits per heavy atom. The summed E-state index contributed by atoms with van der Waals surface area (Å²) in [6.45, 7) is 9.19. The van der Waals surface area contributed by atoms with Crippen molar-refractivity contribution in [2.75, 3.05) is 5.43 Å². The second-order valence-electron chi connectivity index (χ2n) is 5.80. The molecule has 0 radical (unpaired) electrons. The number of nitrogens with one attached hydrogen (secondary N) is 1. The van der Waals surface area contributed by atoms with Gasteiger partial charge in [-0.3, -0.25) is 0 Å². The Hall–Kier alpha value is -2.62. The molecule has 23 heavy (non-hydrogen) atoms. The third-order valence-corrected chi connectivity index (χ3v) is 4.07. The average Bonchev–Trinajstić information content (AvgIpc) is 2.90. The maximum absolute atomic E-state index is 4.63. The zero-order valence-corrected chi connectivity index (χ0v) is 14.1. The number of nitrogens with zero attached hydrogens (tertiary/aromatic N) is 3. The van der Waals surface area contributed by atoms with Crippen LogP contribution in [0.4, 0.5) is 5.95 Å². The molecule has 0 bridgehead atoms. The van der Waals surface area contributed by atoms with Crippen molar-refractivity contribution in [2.45, 2.75) is 34.2 Å². The van der Waals surface area contributed by atoms with Gasteiger partial charge in [0.2, 0.25) is 5.95 Å². The standard InChI is InChI=1S/C19H22N4/c1-5-23-18-9-7-6-8-17(18)20-19(23)22-21-15(4)16-11-10-13(2)12-14(16)3/h6-12H,5H2,1-4H3,(H,20,22)/b21-15+. The Balaban J connectivity index is 1.92. The lowest BCUT2D eigenvalue weighted by molar-refractivity contribution is 0.791. The van der Waals surface area contributed by atoms with Crippen molar-refractivity contribution < 1.29 is 0 Å². The third kappa shape index (κ3) is 2.97. The second-order valence-corrected chi connectivity index (χ2v) is 5.80. The summed E-state index contributed by atoms with van der Waals surface area (Å²) < 4.78 is 2.13. The summed E-state index contributed by atoms with van der Waals surface area (Å²) in [6.07, 6.45) is 0. The predicted molar refractivity (Wildman–Crippen MR) is 97.2 cm³/mol. The van der Waals surface area contributed by atoms with E-state index >= 15 is 0 Å². The van der Waals surface area contributed by atoms with E-state index in [1.807, 2.05) is 25.1 Å². The van der Waals surface area contributed by atoms with Crippen LogP contribution in [-0.4, -0.2) is 15.3 Å². The van der Waals surface area contributed by atoms with Crippen molar-refractivity contribution in [3.05, 3.63) is 59.2 Å². The minimum absolute atomic E-state index is 0.776. The highest BCUT2D eigenvalue weighted by molar-refractivity contribution is 6.00. The Labute approximate surface area is 136 Å². The van der Waals surface area contributed by atoms with Gasteiger partial charge in [-0.1, -0.05) is 35.9 Å². The largest absolute Gasteiger partial charge is 0.309 e. The third-order valence-electron chi connectivity index (χ3n) is 4.07. The van der Waals surface area contributed by atoms with E-state index in [1.165, 1.54) is 11.1 Å². The fraction of sp³-hybridized carbons (Fsp3) is 0.263. The van der Waals surface area contributed by atoms with E-state index < -0.39 is 0 Å². The normalized spacial score (nSPS) is 11.9. The van der Waals surface area contributed by atoms with Crippen LogP contribution in [0.25, 0.3) is 11.0 Å². The van der Waals surface area contributed by atoms with Crippen LogP contribution in [0.1, 0.15) is 30.5 Å². The molecule has 1 aromatic heterocycles. The molecule has 3 aromatic rings. The topological polar surface area (TPSA) is 42.2 Å². The first-order valence-corrected chi connectivity index (χ1v) is 7.93. The molecule has 0 aliphatic heterocycles. The molecule has 4 heteroatoms. The van der Waals surface area contributed by atoms with E-state index in [1.54, 1.807) is 0 Å². The summed E-state index contributed by atoms with van der Waals surface area (Å²) in [4.78, 5) is 4.63. The predicted octanol–water partition coefficient (Wildman–Crippen LogP) is 4.51. The number of hydrogen-bond acceptors (Lipinski definition) is 3. The van der Waals surface area contributed by atoms with Crippen LogP contribution >= 0.6 is 0 Å². The van der Waals surface area contributed by atoms with Gasteiger partial charge in [0.15, 0.2) is 0 Å². The molecule has 2 aromatic carbocycles. The molecule has 0 atom stereocenters. The fourth-order valence-electron chi connectivity index (χ4n) is 2.89. The van der Waals surface area contributed by atoms with Gasteiger partial charge in [-0.2, -0.15) is 5.10 Å². The van der Waals surface area contributed by atoms with Crippen LogP contribution in [0.3, 0.4) is 0 Å². The van der Waals surface area contributed by atoms with E-state index in [2.05, 4.69) is 65.1 Å². The zero-order valence-electron chi connectivity index (χ0n) is 14.1. The van der Waals surface area contributed by atoms with Crippen LogP contribution < -0.4 is 5.43 Å². The number of benzene rings is 2. The summed E-state index contributed by atoms with van der Waals surface area (Å²) in [5.74, 6) is 0.776. The smallest absolute Gasteiger partial charge is 0.224 e. The molecule has 0 unspecified atom stereocenters. The van der Waals surface area contributed by atoms with Crippen LogP contribution in [0.5, 0.6) is 0 Å². The fourth-order valence-corrected chi connectivity index (χ4v) is 2.89. The van der Waals surface area contributed by atoms with Gasteiger partial charge >= 0.3 is 0 Å². The molecule has 0 amide bonds. The van der Waals surface area contributed by atoms with Gasteiger partial charge in [0.1, 0.15) is 0 Å². The maximum Gasteiger partial charge on any atom is 0.224 e. The van der Waals surface area contributed by atoms with Gasteiger partial charge in [-0.15, -0.1) is 0 Å². The highest BCUT2D eigenvalue weighted by atomic mass is 15.4. The maximum atomic E-state index is 4.63. The lowest BCUT2D eigenvalue weighted by atomic mass is 10.0. The summed E-state index contributed by atoms with van der Waals surface area (Å²) in [6, 6.07) is 14.5. The number of fused-ring (bicyclic) bond motifs is 1. The molecule has 0 spiro atoms. The molecule has 0 saturated carbocycles. The zero-order chi connectivity index (χ0) is 16.4. The highest BCUT2D eigenvalue weighted by Gasteiger charge is 2.08. The second kappa shape index (κ2) is 6.24. The van der Waals surface area contributed by atoms with E-state index in [-0.39, 0.29) is 0 Å². The summed E-state index contributed by atoms with van der Waals surface area (Å²) in [7, 11) is 0. The van der Waals surface area contributed by atoms with Gasteiger partial charge < -0.3 is 4.57 Å². The van der Waals surface area contributed by atoms with Gasteiger partial charge in [-0.25, -0.2) is 10.4 Å². The molecular formula is C19H22N4. The molecular weight excluding hydrogens is 284 g/mol. The minimum Gasteiger partial charge on any atom is -0.309 e. The number of imidazole rings is 1. The number of rotatable bonds is 4. The molecule has 4 nitrogen and oxygen atoms in total. The Morgan fingerprint density at radius 1 is 1.17 bits per heavy atom. The average molecular weight is 306 g/mol. The molecule has 0 saturated heterocycles. The minimum atomic E-state index is 0.776. The molecule has 0 fully saturated rings. The first-order chi connectivity index (χ1) is 11.1. The van der Waals surface area contributed by atoms with Crippen molar-refractivity contribution in [3.63, 3.8) is 0 Å². The van der Waals surface area contributed by atoms with Gasteiger partial charge in [0.25, 0.3) is 0 Å². The van der Waals surface area contributed by atoms with Crippen molar-refractivity contribution >= 4 is 22.7 Å². The monoisotopic (exact) mass is 306 g/mol. The Bertz CT molecular complexity index is 874. The highest BCUT2D eigenvalue weighted by Crippen LogP contribution is 2.19. The van der Waals surface area contributed by atoms with E-state index in [9.17, 15) is 0 Å². The molecule has 118 valence electrons. The first-order valence-electron chi connectivity index (χ1n) is 7.93. The Kier molecular flexibility index (Phi) is 4.15. The number of anilines is 1. The van der Waals surface area contributed by atoms with Crippen LogP contribution in [-0.2, 0) is 6.54 Å². The van der Waals surface area contributed by atoms with Crippen molar-refractivity contribution in [1.82, 2.24) is 9.55 Å². The number of hydrazone groups is 1. The lowest BCUT2D eigenvalue weighted by Crippen LogP contribution is -2.06. The quantitative estimate of drug-likeness (QED) is 0.569. The molecule has 0 aliphatic rings.